The largest absolute Gasteiger partial charge is 0.416 e. The summed E-state index contributed by atoms with van der Waals surface area (Å²) in [5, 5.41) is 5.01. The summed E-state index contributed by atoms with van der Waals surface area (Å²) in [6.45, 7) is 0.271. The summed E-state index contributed by atoms with van der Waals surface area (Å²) >= 11 is 0. The van der Waals surface area contributed by atoms with Gasteiger partial charge in [-0.05, 0) is 53.4 Å². The minimum Gasteiger partial charge on any atom is -0.382 e. The lowest BCUT2D eigenvalue weighted by molar-refractivity contribution is -0.138. The second kappa shape index (κ2) is 9.18. The highest BCUT2D eigenvalue weighted by atomic mass is 19.4. The van der Waals surface area contributed by atoms with Crippen LogP contribution in [-0.2, 0) is 33.6 Å². The average Bonchev–Trinajstić information content (AvgIpc) is 3.36. The molecule has 0 bridgehead atoms. The number of urea groups is 1. The van der Waals surface area contributed by atoms with Crippen LogP contribution in [0.5, 0.6) is 0 Å². The number of hydrogen-bond donors (Lipinski definition) is 2. The molecule has 2 aromatic carbocycles. The summed E-state index contributed by atoms with van der Waals surface area (Å²) in [6, 6.07) is 6.17. The topological polar surface area (TPSA) is 108 Å². The van der Waals surface area contributed by atoms with E-state index in [1.807, 2.05) is 0 Å². The molecule has 12 heteroatoms. The van der Waals surface area contributed by atoms with Gasteiger partial charge in [0.2, 0.25) is 11.8 Å². The zero-order valence-electron chi connectivity index (χ0n) is 19.7. The van der Waals surface area contributed by atoms with Crippen LogP contribution in [0.3, 0.4) is 0 Å². The summed E-state index contributed by atoms with van der Waals surface area (Å²) in [5.74, 6) is -1.23. The summed E-state index contributed by atoms with van der Waals surface area (Å²) in [5.41, 5.74) is 1.59. The van der Waals surface area contributed by atoms with E-state index in [9.17, 15) is 32.3 Å². The number of amides is 5. The Labute approximate surface area is 209 Å². The third kappa shape index (κ3) is 4.52. The molecule has 1 fully saturated rings. The molecule has 0 spiro atoms. The number of piperidine rings is 1. The fourth-order valence-corrected chi connectivity index (χ4v) is 5.09. The Kier molecular flexibility index (Phi) is 6.14. The number of nitrogens with one attached hydrogen (secondary N) is 2. The first kappa shape index (κ1) is 24.8. The number of alkyl halides is 3. The van der Waals surface area contributed by atoms with Crippen molar-refractivity contribution in [1.29, 1.82) is 0 Å². The Balaban J connectivity index is 1.32. The summed E-state index contributed by atoms with van der Waals surface area (Å²) < 4.78 is 44.9. The van der Waals surface area contributed by atoms with Gasteiger partial charge in [-0.2, -0.15) is 13.2 Å². The molecule has 5 amide bonds. The third-order valence-electron chi connectivity index (χ3n) is 6.91. The number of carbonyl (C=O) groups is 4. The normalized spacial score (nSPS) is 21.1. The second-order valence-electron chi connectivity index (χ2n) is 9.21. The fraction of sp³-hybridized carbons (Fsp3) is 0.360. The number of rotatable bonds is 4. The molecule has 2 aromatic rings. The minimum atomic E-state index is -4.51. The van der Waals surface area contributed by atoms with Gasteiger partial charge < -0.3 is 19.9 Å². The van der Waals surface area contributed by atoms with Crippen molar-refractivity contribution in [2.45, 2.75) is 44.2 Å². The van der Waals surface area contributed by atoms with Gasteiger partial charge in [-0.3, -0.25) is 19.7 Å². The van der Waals surface area contributed by atoms with Crippen molar-refractivity contribution >= 4 is 29.4 Å². The van der Waals surface area contributed by atoms with Gasteiger partial charge in [0, 0.05) is 37.9 Å². The summed E-state index contributed by atoms with van der Waals surface area (Å²) in [7, 11) is 1.41. The van der Waals surface area contributed by atoms with Crippen LogP contribution >= 0.6 is 0 Å². The molecule has 3 heterocycles. The molecule has 0 saturated carbocycles. The Morgan fingerprint density at radius 2 is 1.89 bits per heavy atom. The van der Waals surface area contributed by atoms with Crippen molar-refractivity contribution in [3.05, 3.63) is 64.2 Å². The molecule has 2 N–H and O–H groups in total. The van der Waals surface area contributed by atoms with Crippen molar-refractivity contribution in [2.24, 2.45) is 0 Å². The molecule has 37 heavy (non-hydrogen) atoms. The molecule has 2 unspecified atom stereocenters. The van der Waals surface area contributed by atoms with Crippen LogP contribution < -0.4 is 10.6 Å². The van der Waals surface area contributed by atoms with E-state index in [0.717, 1.165) is 12.1 Å². The molecule has 0 aliphatic carbocycles. The van der Waals surface area contributed by atoms with E-state index < -0.39 is 35.8 Å². The van der Waals surface area contributed by atoms with Crippen molar-refractivity contribution in [1.82, 2.24) is 15.1 Å². The molecule has 3 aliphatic heterocycles. The molecule has 5 rings (SSSR count). The van der Waals surface area contributed by atoms with Gasteiger partial charge in [-0.25, -0.2) is 4.79 Å². The lowest BCUT2D eigenvalue weighted by Crippen LogP contribution is -2.52. The molecule has 3 aliphatic rings. The van der Waals surface area contributed by atoms with Crippen molar-refractivity contribution in [2.75, 3.05) is 19.0 Å². The number of ether oxygens (including phenoxy) is 1. The Morgan fingerprint density at radius 1 is 1.11 bits per heavy atom. The number of carbonyl (C=O) groups excluding carboxylic acids is 4. The maximum Gasteiger partial charge on any atom is 0.416 e. The van der Waals surface area contributed by atoms with E-state index in [1.54, 1.807) is 18.2 Å². The lowest BCUT2D eigenvalue weighted by Gasteiger charge is -2.29. The summed E-state index contributed by atoms with van der Waals surface area (Å²) in [4.78, 5) is 52.6. The van der Waals surface area contributed by atoms with Gasteiger partial charge in [0.25, 0.3) is 5.91 Å². The molecule has 0 radical (unpaired) electrons. The van der Waals surface area contributed by atoms with E-state index in [0.29, 0.717) is 27.9 Å². The van der Waals surface area contributed by atoms with Crippen LogP contribution in [-0.4, -0.2) is 53.3 Å². The average molecular weight is 516 g/mol. The van der Waals surface area contributed by atoms with Crippen LogP contribution in [0.25, 0.3) is 0 Å². The first-order chi connectivity index (χ1) is 17.6. The number of hydrogen-bond acceptors (Lipinski definition) is 5. The molecule has 0 aromatic heterocycles. The van der Waals surface area contributed by atoms with Gasteiger partial charge in [0.15, 0.2) is 0 Å². The first-order valence-electron chi connectivity index (χ1n) is 11.6. The first-order valence-corrected chi connectivity index (χ1v) is 11.6. The number of imide groups is 1. The molecule has 194 valence electrons. The van der Waals surface area contributed by atoms with Crippen LogP contribution in [0.4, 0.5) is 23.7 Å². The highest BCUT2D eigenvalue weighted by Gasteiger charge is 2.40. The number of fused-ring (bicyclic) bond motifs is 2. The van der Waals surface area contributed by atoms with Crippen LogP contribution in [0.2, 0.25) is 0 Å². The quantitative estimate of drug-likeness (QED) is 0.607. The molecule has 2 atom stereocenters. The Hall–Kier alpha value is -3.93. The van der Waals surface area contributed by atoms with Crippen molar-refractivity contribution in [3.8, 4) is 0 Å². The van der Waals surface area contributed by atoms with E-state index in [2.05, 4.69) is 10.6 Å². The van der Waals surface area contributed by atoms with Gasteiger partial charge in [-0.1, -0.05) is 6.07 Å². The third-order valence-corrected chi connectivity index (χ3v) is 6.91. The lowest BCUT2D eigenvalue weighted by atomic mass is 10.0. The molecular weight excluding hydrogens is 493 g/mol. The number of benzene rings is 2. The predicted octanol–water partition coefficient (Wildman–Crippen LogP) is 3.20. The SMILES string of the molecule is COCC1c2cc(C(F)(F)F)ccc2CN1C(=O)Nc1ccc2c(c1)CN(C1CCC(=O)NC1=O)C2=O. The van der Waals surface area contributed by atoms with Crippen LogP contribution in [0.1, 0.15) is 51.5 Å². The fourth-order valence-electron chi connectivity index (χ4n) is 5.09. The van der Waals surface area contributed by atoms with Crippen LogP contribution in [0.15, 0.2) is 36.4 Å². The number of nitrogens with zero attached hydrogens (tertiary/aromatic N) is 2. The van der Waals surface area contributed by atoms with E-state index >= 15 is 0 Å². The molecular formula is C25H23F3N4O5. The number of halogens is 3. The number of methoxy groups -OCH3 is 1. The monoisotopic (exact) mass is 516 g/mol. The molecule has 9 nitrogen and oxygen atoms in total. The van der Waals surface area contributed by atoms with E-state index in [4.69, 9.17) is 4.74 Å². The smallest absolute Gasteiger partial charge is 0.382 e. The maximum atomic E-state index is 13.2. The highest BCUT2D eigenvalue weighted by molar-refractivity contribution is 6.05. The van der Waals surface area contributed by atoms with Crippen LogP contribution in [0, 0.1) is 0 Å². The minimum absolute atomic E-state index is 0.0152. The van der Waals surface area contributed by atoms with Gasteiger partial charge in [-0.15, -0.1) is 0 Å². The standard InChI is InChI=1S/C25H23F3N4O5/c1-37-12-20-18-9-15(25(26,27)28)3-2-13(18)10-32(20)24(36)29-16-4-5-17-14(8-16)11-31(23(17)35)19-6-7-21(33)30-22(19)34/h2-5,8-9,19-20H,6-7,10-12H2,1H3,(H,29,36)(H,30,33,34). The Bertz CT molecular complexity index is 1310. The van der Waals surface area contributed by atoms with Crippen molar-refractivity contribution < 1.29 is 37.1 Å². The van der Waals surface area contributed by atoms with Crippen molar-refractivity contribution in [3.63, 3.8) is 0 Å². The highest BCUT2D eigenvalue weighted by Crippen LogP contribution is 2.39. The maximum absolute atomic E-state index is 13.2. The predicted molar refractivity (Wildman–Crippen MR) is 123 cm³/mol. The van der Waals surface area contributed by atoms with Gasteiger partial charge >= 0.3 is 12.2 Å². The van der Waals surface area contributed by atoms with E-state index in [1.165, 1.54) is 23.0 Å². The van der Waals surface area contributed by atoms with Gasteiger partial charge in [0.05, 0.1) is 18.2 Å². The zero-order chi connectivity index (χ0) is 26.5. The van der Waals surface area contributed by atoms with E-state index in [-0.39, 0.29) is 44.4 Å². The Morgan fingerprint density at radius 3 is 2.59 bits per heavy atom. The zero-order valence-corrected chi connectivity index (χ0v) is 19.7. The second-order valence-corrected chi connectivity index (χ2v) is 9.21. The summed E-state index contributed by atoms with van der Waals surface area (Å²) in [6.07, 6.45) is -4.13. The van der Waals surface area contributed by atoms with Gasteiger partial charge in [0.1, 0.15) is 6.04 Å². The molecule has 1 saturated heterocycles. The number of anilines is 1.